The third kappa shape index (κ3) is 7.72. The molecule has 2 N–H and O–H groups in total. The quantitative estimate of drug-likeness (QED) is 0.421. The lowest BCUT2D eigenvalue weighted by Gasteiger charge is -2.44. The van der Waals surface area contributed by atoms with Crippen LogP contribution in [0.25, 0.3) is 0 Å². The van der Waals surface area contributed by atoms with Gasteiger partial charge < -0.3 is 19.5 Å². The van der Waals surface area contributed by atoms with E-state index in [1.807, 2.05) is 25.1 Å². The van der Waals surface area contributed by atoms with Gasteiger partial charge in [0.1, 0.15) is 12.4 Å². The molecule has 0 spiro atoms. The van der Waals surface area contributed by atoms with Crippen LogP contribution in [-0.2, 0) is 27.8 Å². The number of carbonyl (C=O) groups excluding carboxylic acids is 1. The summed E-state index contributed by atoms with van der Waals surface area (Å²) < 4.78 is 41.3. The van der Waals surface area contributed by atoms with E-state index in [9.17, 15) is 18.3 Å². The molecule has 1 fully saturated rings. The first kappa shape index (κ1) is 33.0. The number of fused-ring (bicyclic) bond motifs is 3. The largest absolute Gasteiger partial charge is 0.487 e. The predicted octanol–water partition coefficient (Wildman–Crippen LogP) is 5.98. The van der Waals surface area contributed by atoms with Gasteiger partial charge in [0.25, 0.3) is 5.91 Å². The SMILES string of the molecule is COCC[C@@H]1[C@@H](C)CCC[C@H](CO)[C@@H]2CC[C@H]2CN2CCCCc3cc(Cl)ccc3COc3ccc(cc32)C(=O)NS1(=O)=O. The van der Waals surface area contributed by atoms with Crippen LogP contribution in [0.3, 0.4) is 0 Å². The van der Waals surface area contributed by atoms with Crippen molar-refractivity contribution in [3.05, 3.63) is 58.1 Å². The highest BCUT2D eigenvalue weighted by molar-refractivity contribution is 7.90. The zero-order valence-electron chi connectivity index (χ0n) is 26.0. The number of amides is 1. The molecule has 2 heterocycles. The second kappa shape index (κ2) is 14.8. The summed E-state index contributed by atoms with van der Waals surface area (Å²) in [6.45, 7) is 4.31. The van der Waals surface area contributed by atoms with Crippen LogP contribution in [0.15, 0.2) is 36.4 Å². The zero-order chi connectivity index (χ0) is 31.3. The maximum absolute atomic E-state index is 13.6. The lowest BCUT2D eigenvalue weighted by Crippen LogP contribution is -2.43. The number of carbonyl (C=O) groups is 1. The molecule has 242 valence electrons. The van der Waals surface area contributed by atoms with Gasteiger partial charge in [0.05, 0.1) is 10.9 Å². The van der Waals surface area contributed by atoms with Gasteiger partial charge in [-0.3, -0.25) is 4.79 Å². The molecule has 2 aromatic carbocycles. The smallest absolute Gasteiger partial charge is 0.264 e. The summed E-state index contributed by atoms with van der Waals surface area (Å²) >= 11 is 6.33. The number of methoxy groups -OCH3 is 1. The molecular weight excluding hydrogens is 600 g/mol. The maximum atomic E-state index is 13.6. The Bertz CT molecular complexity index is 1400. The minimum atomic E-state index is -3.98. The number of sulfonamides is 1. The lowest BCUT2D eigenvalue weighted by atomic mass is 9.65. The number of aliphatic hydroxyl groups excluding tert-OH is 1. The second-order valence-corrected chi connectivity index (χ2v) is 15.3. The van der Waals surface area contributed by atoms with Crippen LogP contribution in [-0.4, -0.2) is 58.1 Å². The molecule has 2 aliphatic heterocycles. The first-order chi connectivity index (χ1) is 21.2. The molecule has 8 nitrogen and oxygen atoms in total. The molecule has 3 aliphatic rings. The topological polar surface area (TPSA) is 105 Å². The van der Waals surface area contributed by atoms with E-state index >= 15 is 0 Å². The van der Waals surface area contributed by atoms with E-state index in [4.69, 9.17) is 21.1 Å². The maximum Gasteiger partial charge on any atom is 0.264 e. The Morgan fingerprint density at radius 3 is 2.66 bits per heavy atom. The van der Waals surface area contributed by atoms with Crippen molar-refractivity contribution in [3.8, 4) is 5.75 Å². The molecule has 2 bridgehead atoms. The van der Waals surface area contributed by atoms with Crippen LogP contribution in [0.2, 0.25) is 5.02 Å². The Kier molecular flexibility index (Phi) is 11.1. The van der Waals surface area contributed by atoms with E-state index in [2.05, 4.69) is 9.62 Å². The van der Waals surface area contributed by atoms with Gasteiger partial charge in [-0.1, -0.05) is 31.0 Å². The van der Waals surface area contributed by atoms with Crippen molar-refractivity contribution in [1.82, 2.24) is 4.72 Å². The van der Waals surface area contributed by atoms with Crippen molar-refractivity contribution < 1.29 is 27.8 Å². The highest BCUT2D eigenvalue weighted by Gasteiger charge is 2.39. The average molecular weight is 647 g/mol. The number of aryl methyl sites for hydroxylation is 1. The summed E-state index contributed by atoms with van der Waals surface area (Å²) in [4.78, 5) is 15.9. The van der Waals surface area contributed by atoms with Gasteiger partial charge in [0.2, 0.25) is 10.0 Å². The highest BCUT2D eigenvalue weighted by atomic mass is 35.5. The van der Waals surface area contributed by atoms with Crippen LogP contribution in [0.1, 0.15) is 79.8 Å². The number of hydrogen-bond donors (Lipinski definition) is 2. The molecule has 0 unspecified atom stereocenters. The van der Waals surface area contributed by atoms with E-state index in [-0.39, 0.29) is 30.6 Å². The summed E-state index contributed by atoms with van der Waals surface area (Å²) in [7, 11) is -2.43. The highest BCUT2D eigenvalue weighted by Crippen LogP contribution is 2.44. The fourth-order valence-corrected chi connectivity index (χ4v) is 9.25. The Hall–Kier alpha value is -2.33. The van der Waals surface area contributed by atoms with E-state index in [1.165, 1.54) is 5.56 Å². The van der Waals surface area contributed by atoms with Crippen LogP contribution in [0, 0.1) is 23.7 Å². The monoisotopic (exact) mass is 646 g/mol. The molecule has 0 saturated heterocycles. The van der Waals surface area contributed by atoms with Crippen molar-refractivity contribution in [2.45, 2.75) is 76.6 Å². The summed E-state index contributed by atoms with van der Waals surface area (Å²) in [5, 5.41) is 10.4. The minimum absolute atomic E-state index is 0.141. The molecule has 1 aliphatic carbocycles. The molecule has 5 rings (SSSR count). The Morgan fingerprint density at radius 1 is 1.07 bits per heavy atom. The van der Waals surface area contributed by atoms with Crippen molar-refractivity contribution in [1.29, 1.82) is 0 Å². The van der Waals surface area contributed by atoms with Gasteiger partial charge in [-0.25, -0.2) is 13.1 Å². The van der Waals surface area contributed by atoms with E-state index in [1.54, 1.807) is 25.3 Å². The van der Waals surface area contributed by atoms with Crippen LogP contribution in [0.5, 0.6) is 5.75 Å². The first-order valence-electron chi connectivity index (χ1n) is 16.1. The average Bonchev–Trinajstić information content (AvgIpc) is 3.01. The van der Waals surface area contributed by atoms with Crippen molar-refractivity contribution >= 4 is 33.2 Å². The van der Waals surface area contributed by atoms with E-state index < -0.39 is 21.2 Å². The van der Waals surface area contributed by atoms with Gasteiger partial charge in [0.15, 0.2) is 0 Å². The molecule has 1 amide bonds. The zero-order valence-corrected chi connectivity index (χ0v) is 27.5. The summed E-state index contributed by atoms with van der Waals surface area (Å²) in [6.07, 6.45) is 7.69. The molecule has 0 radical (unpaired) electrons. The first-order valence-corrected chi connectivity index (χ1v) is 18.1. The molecule has 5 atom stereocenters. The molecule has 0 aromatic heterocycles. The number of aliphatic hydroxyl groups is 1. The Morgan fingerprint density at radius 2 is 1.91 bits per heavy atom. The normalized spacial score (nSPS) is 27.9. The van der Waals surface area contributed by atoms with E-state index in [0.29, 0.717) is 42.1 Å². The fourth-order valence-electron chi connectivity index (χ4n) is 7.38. The predicted molar refractivity (Wildman–Crippen MR) is 174 cm³/mol. The summed E-state index contributed by atoms with van der Waals surface area (Å²) in [5.41, 5.74) is 3.35. The lowest BCUT2D eigenvalue weighted by molar-refractivity contribution is 0.0574. The Labute approximate surface area is 267 Å². The number of rotatable bonds is 4. The van der Waals surface area contributed by atoms with Gasteiger partial charge in [0, 0.05) is 44.0 Å². The standard InChI is InChI=1S/C34H47ClN2O6S/c1-23-6-5-8-27(21-38)30-13-10-26(30)20-37-16-4-3-7-24-18-29(35)12-9-28(24)22-43-32-14-11-25(19-31(32)37)34(39)36-44(40,41)33(23)15-17-42-2/h9,11-12,14,18-19,23,26-27,30,33,38H,3-8,10,13,15-17,20-22H2,1-2H3,(H,36,39)/t23-,26-,27+,30+,33+/m0/s1. The molecule has 2 aromatic rings. The van der Waals surface area contributed by atoms with Gasteiger partial charge >= 0.3 is 0 Å². The van der Waals surface area contributed by atoms with Gasteiger partial charge in [-0.05, 0) is 116 Å². The third-order valence-electron chi connectivity index (χ3n) is 10.1. The van der Waals surface area contributed by atoms with Crippen LogP contribution in [0.4, 0.5) is 5.69 Å². The van der Waals surface area contributed by atoms with Crippen molar-refractivity contribution in [2.24, 2.45) is 23.7 Å². The number of nitrogens with one attached hydrogen (secondary N) is 1. The minimum Gasteiger partial charge on any atom is -0.487 e. The fraction of sp³-hybridized carbons (Fsp3) is 0.618. The number of halogens is 1. The molecule has 10 heteroatoms. The van der Waals surface area contributed by atoms with Crippen LogP contribution >= 0.6 is 11.6 Å². The number of anilines is 1. The number of ether oxygens (including phenoxy) is 2. The van der Waals surface area contributed by atoms with Gasteiger partial charge in [-0.2, -0.15) is 0 Å². The van der Waals surface area contributed by atoms with Crippen molar-refractivity contribution in [3.63, 3.8) is 0 Å². The van der Waals surface area contributed by atoms with Crippen molar-refractivity contribution in [2.75, 3.05) is 38.3 Å². The molecular formula is C34H47ClN2O6S. The van der Waals surface area contributed by atoms with E-state index in [0.717, 1.165) is 69.3 Å². The third-order valence-corrected chi connectivity index (χ3v) is 12.3. The number of hydrogen-bond acceptors (Lipinski definition) is 7. The molecule has 1 saturated carbocycles. The van der Waals surface area contributed by atoms with Crippen LogP contribution < -0.4 is 14.4 Å². The molecule has 44 heavy (non-hydrogen) atoms. The van der Waals surface area contributed by atoms with Gasteiger partial charge in [-0.15, -0.1) is 0 Å². The number of nitrogens with zero attached hydrogens (tertiary/aromatic N) is 1. The summed E-state index contributed by atoms with van der Waals surface area (Å²) in [6, 6.07) is 11.1. The number of benzene rings is 2. The Balaban J connectivity index is 1.53. The summed E-state index contributed by atoms with van der Waals surface area (Å²) in [5.74, 6) is 0.886. The second-order valence-electron chi connectivity index (χ2n) is 12.9.